The highest BCUT2D eigenvalue weighted by Crippen LogP contribution is 2.35. The Labute approximate surface area is 118 Å². The number of halogens is 3. The number of hydrogen-bond acceptors (Lipinski definition) is 4. The lowest BCUT2D eigenvalue weighted by molar-refractivity contribution is -0.148. The molecule has 112 valence electrons. The van der Waals surface area contributed by atoms with Crippen LogP contribution in [0, 0.1) is 11.3 Å². The molecular weight excluding hydrogens is 289 g/mol. The Balaban J connectivity index is 2.38. The van der Waals surface area contributed by atoms with E-state index in [1.165, 1.54) is 17.0 Å². The standard InChI is InChI=1S/C13H11F3N2O3/c1-7-18(6-11(21-7)12(19)20)9-3-2-8(5-17)10(4-9)13(14,15)16/h2-4,7,11H,6H2,1H3,(H,19,20)/t7-,11-/m0/s1. The van der Waals surface area contributed by atoms with Gasteiger partial charge in [0.1, 0.15) is 6.23 Å². The first-order valence-electron chi connectivity index (χ1n) is 6.00. The van der Waals surface area contributed by atoms with Gasteiger partial charge in [0.05, 0.1) is 23.7 Å². The summed E-state index contributed by atoms with van der Waals surface area (Å²) in [6, 6.07) is 4.74. The number of carbonyl (C=O) groups is 1. The van der Waals surface area contributed by atoms with Crippen LogP contribution in [0.2, 0.25) is 0 Å². The minimum Gasteiger partial charge on any atom is -0.479 e. The first-order chi connectivity index (χ1) is 9.74. The molecule has 1 N–H and O–H groups in total. The number of anilines is 1. The Bertz CT molecular complexity index is 610. The van der Waals surface area contributed by atoms with Crippen molar-refractivity contribution in [3.63, 3.8) is 0 Å². The van der Waals surface area contributed by atoms with Crippen LogP contribution in [0.1, 0.15) is 18.1 Å². The van der Waals surface area contributed by atoms with Gasteiger partial charge < -0.3 is 14.7 Å². The molecule has 1 heterocycles. The van der Waals surface area contributed by atoms with Crippen molar-refractivity contribution < 1.29 is 27.8 Å². The van der Waals surface area contributed by atoms with Gasteiger partial charge in [-0.1, -0.05) is 0 Å². The minimum absolute atomic E-state index is 0.0559. The van der Waals surface area contributed by atoms with Gasteiger partial charge in [-0.2, -0.15) is 18.4 Å². The van der Waals surface area contributed by atoms with Crippen LogP contribution in [-0.4, -0.2) is 30.0 Å². The second-order valence-corrected chi connectivity index (χ2v) is 4.55. The monoisotopic (exact) mass is 300 g/mol. The molecule has 0 aromatic heterocycles. The molecule has 5 nitrogen and oxygen atoms in total. The first-order valence-corrected chi connectivity index (χ1v) is 6.00. The van der Waals surface area contributed by atoms with E-state index < -0.39 is 35.6 Å². The fourth-order valence-corrected chi connectivity index (χ4v) is 2.18. The molecule has 0 aliphatic carbocycles. The van der Waals surface area contributed by atoms with E-state index in [1.54, 1.807) is 6.92 Å². The number of carboxylic acids is 1. The zero-order valence-corrected chi connectivity index (χ0v) is 10.9. The van der Waals surface area contributed by atoms with Gasteiger partial charge in [0.2, 0.25) is 0 Å². The molecule has 0 bridgehead atoms. The molecule has 2 atom stereocenters. The van der Waals surface area contributed by atoms with Crippen molar-refractivity contribution in [2.24, 2.45) is 0 Å². The summed E-state index contributed by atoms with van der Waals surface area (Å²) >= 11 is 0. The number of rotatable bonds is 2. The smallest absolute Gasteiger partial charge is 0.417 e. The van der Waals surface area contributed by atoms with Crippen LogP contribution in [0.15, 0.2) is 18.2 Å². The number of nitriles is 1. The maximum atomic E-state index is 12.9. The van der Waals surface area contributed by atoms with Crippen LogP contribution in [-0.2, 0) is 15.7 Å². The van der Waals surface area contributed by atoms with E-state index in [-0.39, 0.29) is 12.2 Å². The quantitative estimate of drug-likeness (QED) is 0.906. The average molecular weight is 300 g/mol. The summed E-state index contributed by atoms with van der Waals surface area (Å²) in [6.45, 7) is 1.49. The maximum Gasteiger partial charge on any atom is 0.417 e. The van der Waals surface area contributed by atoms with Crippen LogP contribution in [0.4, 0.5) is 18.9 Å². The first kappa shape index (κ1) is 15.1. The molecule has 2 rings (SSSR count). The molecule has 1 aliphatic rings. The summed E-state index contributed by atoms with van der Waals surface area (Å²) in [5.74, 6) is -1.17. The van der Waals surface area contributed by atoms with E-state index in [1.807, 2.05) is 0 Å². The van der Waals surface area contributed by atoms with Gasteiger partial charge in [0, 0.05) is 5.69 Å². The molecule has 1 fully saturated rings. The van der Waals surface area contributed by atoms with Crippen molar-refractivity contribution >= 4 is 11.7 Å². The van der Waals surface area contributed by atoms with Gasteiger partial charge in [-0.25, -0.2) is 4.79 Å². The van der Waals surface area contributed by atoms with Crippen molar-refractivity contribution in [3.05, 3.63) is 29.3 Å². The molecule has 1 aromatic carbocycles. The largest absolute Gasteiger partial charge is 0.479 e. The zero-order chi connectivity index (χ0) is 15.8. The fourth-order valence-electron chi connectivity index (χ4n) is 2.18. The van der Waals surface area contributed by atoms with Crippen LogP contribution in [0.3, 0.4) is 0 Å². The third kappa shape index (κ3) is 2.92. The van der Waals surface area contributed by atoms with Crippen molar-refractivity contribution in [3.8, 4) is 6.07 Å². The molecular formula is C13H11F3N2O3. The number of nitrogens with zero attached hydrogens (tertiary/aromatic N) is 2. The molecule has 0 saturated carbocycles. The molecule has 1 aliphatic heterocycles. The van der Waals surface area contributed by atoms with Gasteiger partial charge in [-0.15, -0.1) is 0 Å². The molecule has 1 saturated heterocycles. The third-order valence-corrected chi connectivity index (χ3v) is 3.20. The molecule has 0 radical (unpaired) electrons. The van der Waals surface area contributed by atoms with Gasteiger partial charge in [0.25, 0.3) is 0 Å². The predicted molar refractivity (Wildman–Crippen MR) is 65.5 cm³/mol. The van der Waals surface area contributed by atoms with Gasteiger partial charge in [-0.05, 0) is 25.1 Å². The van der Waals surface area contributed by atoms with E-state index in [0.29, 0.717) is 0 Å². The normalized spacial score (nSPS) is 22.1. The van der Waals surface area contributed by atoms with Gasteiger partial charge in [0.15, 0.2) is 6.10 Å². The maximum absolute atomic E-state index is 12.9. The summed E-state index contributed by atoms with van der Waals surface area (Å²) < 4.78 is 43.9. The van der Waals surface area contributed by atoms with E-state index in [9.17, 15) is 18.0 Å². The third-order valence-electron chi connectivity index (χ3n) is 3.20. The molecule has 0 unspecified atom stereocenters. The van der Waals surface area contributed by atoms with Crippen LogP contribution in [0.5, 0.6) is 0 Å². The van der Waals surface area contributed by atoms with E-state index in [4.69, 9.17) is 15.1 Å². The minimum atomic E-state index is -4.66. The average Bonchev–Trinajstić information content (AvgIpc) is 2.79. The number of hydrogen-bond donors (Lipinski definition) is 1. The number of carboxylic acid groups (broad SMARTS) is 1. The highest BCUT2D eigenvalue weighted by molar-refractivity contribution is 5.74. The van der Waals surface area contributed by atoms with Crippen LogP contribution >= 0.6 is 0 Å². The highest BCUT2D eigenvalue weighted by atomic mass is 19.4. The summed E-state index contributed by atoms with van der Waals surface area (Å²) in [4.78, 5) is 12.3. The van der Waals surface area contributed by atoms with Crippen molar-refractivity contribution in [2.45, 2.75) is 25.4 Å². The molecule has 0 amide bonds. The summed E-state index contributed by atoms with van der Waals surface area (Å²) in [5.41, 5.74) is -1.36. The number of aliphatic carboxylic acids is 1. The fraction of sp³-hybridized carbons (Fsp3) is 0.385. The highest BCUT2D eigenvalue weighted by Gasteiger charge is 2.37. The summed E-state index contributed by atoms with van der Waals surface area (Å²) in [6.07, 6.45) is -6.41. The lowest BCUT2D eigenvalue weighted by Crippen LogP contribution is -2.29. The molecule has 21 heavy (non-hydrogen) atoms. The van der Waals surface area contributed by atoms with E-state index >= 15 is 0 Å². The lowest BCUT2D eigenvalue weighted by atomic mass is 10.1. The van der Waals surface area contributed by atoms with E-state index in [0.717, 1.165) is 12.1 Å². The van der Waals surface area contributed by atoms with Crippen molar-refractivity contribution in [2.75, 3.05) is 11.4 Å². The van der Waals surface area contributed by atoms with Crippen LogP contribution < -0.4 is 4.90 Å². The Kier molecular flexibility index (Phi) is 3.78. The van der Waals surface area contributed by atoms with Gasteiger partial charge >= 0.3 is 12.1 Å². The number of ether oxygens (including phenoxy) is 1. The summed E-state index contributed by atoms with van der Waals surface area (Å²) in [7, 11) is 0. The Morgan fingerprint density at radius 2 is 2.19 bits per heavy atom. The Morgan fingerprint density at radius 1 is 1.52 bits per heavy atom. The topological polar surface area (TPSA) is 73.6 Å². The summed E-state index contributed by atoms with van der Waals surface area (Å²) in [5, 5.41) is 17.6. The van der Waals surface area contributed by atoms with Crippen molar-refractivity contribution in [1.29, 1.82) is 5.26 Å². The SMILES string of the molecule is C[C@@H]1O[C@H](C(=O)O)CN1c1ccc(C#N)c(C(F)(F)F)c1. The predicted octanol–water partition coefficient (Wildman–Crippen LogP) is 2.21. The second-order valence-electron chi connectivity index (χ2n) is 4.55. The number of alkyl halides is 3. The van der Waals surface area contributed by atoms with Crippen LogP contribution in [0.25, 0.3) is 0 Å². The molecule has 0 spiro atoms. The molecule has 8 heteroatoms. The Hall–Kier alpha value is -2.27. The van der Waals surface area contributed by atoms with Crippen molar-refractivity contribution in [1.82, 2.24) is 0 Å². The lowest BCUT2D eigenvalue weighted by Gasteiger charge is -2.23. The molecule has 1 aromatic rings. The number of benzene rings is 1. The van der Waals surface area contributed by atoms with E-state index in [2.05, 4.69) is 0 Å². The zero-order valence-electron chi connectivity index (χ0n) is 10.9. The second kappa shape index (κ2) is 5.26. The van der Waals surface area contributed by atoms with Gasteiger partial charge in [-0.3, -0.25) is 0 Å². The Morgan fingerprint density at radius 3 is 2.67 bits per heavy atom.